The van der Waals surface area contributed by atoms with Crippen molar-refractivity contribution in [1.29, 1.82) is 0 Å². The maximum atomic E-state index is 12.6. The number of aromatic hydroxyl groups is 1. The zero-order valence-corrected chi connectivity index (χ0v) is 11.0. The minimum atomic E-state index is -0.509. The van der Waals surface area contributed by atoms with Crippen LogP contribution in [0.2, 0.25) is 0 Å². The van der Waals surface area contributed by atoms with E-state index in [4.69, 9.17) is 4.74 Å². The van der Waals surface area contributed by atoms with Gasteiger partial charge in [-0.3, -0.25) is 9.59 Å². The smallest absolute Gasteiger partial charge is 0.232 e. The number of carbonyl (C=O) groups is 2. The van der Waals surface area contributed by atoms with Gasteiger partial charge in [-0.25, -0.2) is 0 Å². The lowest BCUT2D eigenvalue weighted by Gasteiger charge is -2.25. The Hall–Kier alpha value is -2.10. The molecule has 1 unspecified atom stereocenters. The van der Waals surface area contributed by atoms with Crippen LogP contribution >= 0.6 is 0 Å². The summed E-state index contributed by atoms with van der Waals surface area (Å²) in [7, 11) is 0. The lowest BCUT2D eigenvalue weighted by Crippen LogP contribution is -2.29. The molecular weight excluding hydrogens is 244 g/mol. The summed E-state index contributed by atoms with van der Waals surface area (Å²) in [5.41, 5.74) is 0.222. The van der Waals surface area contributed by atoms with Gasteiger partial charge in [0.05, 0.1) is 11.1 Å². The van der Waals surface area contributed by atoms with Crippen LogP contribution in [-0.2, 0) is 4.74 Å². The first-order valence-corrected chi connectivity index (χ1v) is 6.18. The van der Waals surface area contributed by atoms with Crippen molar-refractivity contribution in [3.8, 4) is 5.75 Å². The number of hydrogen-bond donors (Lipinski definition) is 1. The van der Waals surface area contributed by atoms with Crippen molar-refractivity contribution in [2.45, 2.75) is 26.9 Å². The van der Waals surface area contributed by atoms with E-state index < -0.39 is 11.2 Å². The third-order valence-electron chi connectivity index (χ3n) is 4.13. The van der Waals surface area contributed by atoms with Crippen LogP contribution in [0, 0.1) is 5.41 Å². The van der Waals surface area contributed by atoms with Gasteiger partial charge in [0, 0.05) is 11.0 Å². The van der Waals surface area contributed by atoms with Crippen LogP contribution in [0.3, 0.4) is 0 Å². The minimum absolute atomic E-state index is 0.0520. The number of Topliss-reactive ketones (excluding diaryl/α,β-unsaturated/α-hetero) is 2. The molecule has 19 heavy (non-hydrogen) atoms. The van der Waals surface area contributed by atoms with Crippen LogP contribution in [0.5, 0.6) is 5.75 Å². The second-order valence-corrected chi connectivity index (χ2v) is 5.54. The first kappa shape index (κ1) is 12.0. The van der Waals surface area contributed by atoms with Crippen molar-refractivity contribution in [3.63, 3.8) is 0 Å². The molecule has 1 atom stereocenters. The predicted octanol–water partition coefficient (Wildman–Crippen LogP) is 2.47. The van der Waals surface area contributed by atoms with Crippen molar-refractivity contribution in [1.82, 2.24) is 0 Å². The molecular formula is C15H14O4. The Bertz CT molecular complexity index is 652. The van der Waals surface area contributed by atoms with Crippen LogP contribution in [-0.4, -0.2) is 22.8 Å². The highest BCUT2D eigenvalue weighted by Crippen LogP contribution is 2.47. The molecule has 0 saturated heterocycles. The van der Waals surface area contributed by atoms with E-state index in [1.807, 2.05) is 20.8 Å². The highest BCUT2D eigenvalue weighted by molar-refractivity contribution is 6.28. The van der Waals surface area contributed by atoms with Gasteiger partial charge < -0.3 is 9.84 Å². The topological polar surface area (TPSA) is 63.6 Å². The van der Waals surface area contributed by atoms with Crippen molar-refractivity contribution in [3.05, 3.63) is 40.7 Å². The summed E-state index contributed by atoms with van der Waals surface area (Å²) >= 11 is 0. The van der Waals surface area contributed by atoms with E-state index in [9.17, 15) is 14.7 Å². The zero-order valence-electron chi connectivity index (χ0n) is 11.0. The quantitative estimate of drug-likeness (QED) is 0.776. The van der Waals surface area contributed by atoms with E-state index in [1.54, 1.807) is 12.1 Å². The molecule has 0 saturated carbocycles. The van der Waals surface area contributed by atoms with Crippen molar-refractivity contribution >= 4 is 11.6 Å². The van der Waals surface area contributed by atoms with E-state index in [-0.39, 0.29) is 34.5 Å². The average molecular weight is 258 g/mol. The van der Waals surface area contributed by atoms with Crippen molar-refractivity contribution in [2.75, 3.05) is 0 Å². The zero-order chi connectivity index (χ0) is 13.9. The number of rotatable bonds is 0. The molecule has 4 nitrogen and oxygen atoms in total. The summed E-state index contributed by atoms with van der Waals surface area (Å²) in [6, 6.07) is 4.54. The maximum absolute atomic E-state index is 12.6. The fraction of sp³-hybridized carbons (Fsp3) is 0.333. The molecule has 1 N–H and O–H groups in total. The van der Waals surface area contributed by atoms with E-state index in [0.29, 0.717) is 5.57 Å². The first-order valence-electron chi connectivity index (χ1n) is 6.18. The molecule has 0 amide bonds. The Morgan fingerprint density at radius 3 is 2.58 bits per heavy atom. The highest BCUT2D eigenvalue weighted by Gasteiger charge is 2.50. The van der Waals surface area contributed by atoms with Gasteiger partial charge in [-0.1, -0.05) is 26.0 Å². The molecule has 1 aromatic carbocycles. The predicted molar refractivity (Wildman–Crippen MR) is 68.1 cm³/mol. The molecule has 1 aromatic rings. The van der Waals surface area contributed by atoms with Crippen LogP contribution in [0.25, 0.3) is 0 Å². The second-order valence-electron chi connectivity index (χ2n) is 5.54. The number of ketones is 2. The Kier molecular flexibility index (Phi) is 2.18. The van der Waals surface area contributed by atoms with E-state index >= 15 is 0 Å². The van der Waals surface area contributed by atoms with Gasteiger partial charge in [0.25, 0.3) is 0 Å². The van der Waals surface area contributed by atoms with Gasteiger partial charge in [0.1, 0.15) is 11.9 Å². The average Bonchev–Trinajstić information content (AvgIpc) is 2.58. The highest BCUT2D eigenvalue weighted by atomic mass is 16.5. The van der Waals surface area contributed by atoms with E-state index in [1.165, 1.54) is 6.07 Å². The SMILES string of the molecule is CC1OC2=C(C(=O)c3cccc(O)c3C2=O)C1(C)C. The van der Waals surface area contributed by atoms with E-state index in [2.05, 4.69) is 0 Å². The fourth-order valence-corrected chi connectivity index (χ4v) is 2.66. The normalized spacial score (nSPS) is 24.1. The van der Waals surface area contributed by atoms with Gasteiger partial charge in [-0.05, 0) is 13.0 Å². The Balaban J connectivity index is 2.29. The van der Waals surface area contributed by atoms with Crippen molar-refractivity contribution < 1.29 is 19.4 Å². The molecule has 98 valence electrons. The molecule has 2 aliphatic rings. The summed E-state index contributed by atoms with van der Waals surface area (Å²) < 4.78 is 5.57. The molecule has 1 aliphatic carbocycles. The third-order valence-corrected chi connectivity index (χ3v) is 4.13. The molecule has 1 aliphatic heterocycles. The number of phenolic OH excluding ortho intramolecular Hbond substituents is 1. The van der Waals surface area contributed by atoms with Gasteiger partial charge in [-0.2, -0.15) is 0 Å². The number of allylic oxidation sites excluding steroid dienone is 1. The van der Waals surface area contributed by atoms with Crippen LogP contribution in [0.15, 0.2) is 29.5 Å². The molecule has 0 spiro atoms. The lowest BCUT2D eigenvalue weighted by atomic mass is 9.74. The summed E-state index contributed by atoms with van der Waals surface area (Å²) in [6.07, 6.45) is -0.248. The Morgan fingerprint density at radius 2 is 1.89 bits per heavy atom. The van der Waals surface area contributed by atoms with Crippen LogP contribution in [0.1, 0.15) is 41.5 Å². The first-order chi connectivity index (χ1) is 8.85. The second kappa shape index (κ2) is 3.47. The summed E-state index contributed by atoms with van der Waals surface area (Å²) in [5, 5.41) is 9.81. The molecule has 0 bridgehead atoms. The van der Waals surface area contributed by atoms with Crippen LogP contribution < -0.4 is 0 Å². The van der Waals surface area contributed by atoms with Crippen molar-refractivity contribution in [2.24, 2.45) is 5.41 Å². The Labute approximate surface area is 110 Å². The summed E-state index contributed by atoms with van der Waals surface area (Å²) in [6.45, 7) is 5.61. The van der Waals surface area contributed by atoms with Gasteiger partial charge in [0.2, 0.25) is 5.78 Å². The fourth-order valence-electron chi connectivity index (χ4n) is 2.66. The third kappa shape index (κ3) is 1.34. The number of carbonyl (C=O) groups excluding carboxylic acids is 2. The summed E-state index contributed by atoms with van der Waals surface area (Å²) in [4.78, 5) is 25.0. The summed E-state index contributed by atoms with van der Waals surface area (Å²) in [5.74, 6) is -0.713. The molecule has 0 radical (unpaired) electrons. The minimum Gasteiger partial charge on any atom is -0.507 e. The molecule has 0 aromatic heterocycles. The number of hydrogen-bond acceptors (Lipinski definition) is 4. The molecule has 3 rings (SSSR count). The van der Waals surface area contributed by atoms with Crippen LogP contribution in [0.4, 0.5) is 0 Å². The van der Waals surface area contributed by atoms with Gasteiger partial charge in [-0.15, -0.1) is 0 Å². The number of phenols is 1. The largest absolute Gasteiger partial charge is 0.507 e. The molecule has 4 heteroatoms. The lowest BCUT2D eigenvalue weighted by molar-refractivity contribution is 0.0721. The van der Waals surface area contributed by atoms with E-state index in [0.717, 1.165) is 0 Å². The van der Waals surface area contributed by atoms with Gasteiger partial charge in [0.15, 0.2) is 11.5 Å². The maximum Gasteiger partial charge on any atom is 0.232 e. The number of fused-ring (bicyclic) bond motifs is 1. The van der Waals surface area contributed by atoms with Gasteiger partial charge >= 0.3 is 0 Å². The molecule has 1 heterocycles. The standard InChI is InChI=1S/C15H14O4/c1-7-15(2,3)11-12(17)8-5-4-6-9(16)10(8)13(18)14(11)19-7/h4-7,16H,1-3H3. The number of benzene rings is 1. The monoisotopic (exact) mass is 258 g/mol. The molecule has 0 fully saturated rings. The Morgan fingerprint density at radius 1 is 1.21 bits per heavy atom. The number of ether oxygens (including phenoxy) is 1.